The largest absolute Gasteiger partial charge is 0.450 e. The number of aromatic nitrogens is 1. The van der Waals surface area contributed by atoms with E-state index in [9.17, 15) is 14.9 Å². The zero-order chi connectivity index (χ0) is 15.4. The van der Waals surface area contributed by atoms with Gasteiger partial charge in [-0.2, -0.15) is 0 Å². The first-order valence-electron chi connectivity index (χ1n) is 6.50. The van der Waals surface area contributed by atoms with Crippen LogP contribution < -0.4 is 4.90 Å². The van der Waals surface area contributed by atoms with E-state index < -0.39 is 4.92 Å². The maximum Gasteiger partial charge on any atom is 0.409 e. The number of piperazine rings is 1. The highest BCUT2D eigenvalue weighted by Crippen LogP contribution is 2.25. The fourth-order valence-corrected chi connectivity index (χ4v) is 2.28. The quantitative estimate of drug-likeness (QED) is 0.481. The normalized spacial score (nSPS) is 15.0. The Bertz CT molecular complexity index is 546. The van der Waals surface area contributed by atoms with E-state index in [0.717, 1.165) is 0 Å². The topological polar surface area (TPSA) is 88.8 Å². The summed E-state index contributed by atoms with van der Waals surface area (Å²) in [4.78, 5) is 29.3. The Morgan fingerprint density at radius 3 is 2.62 bits per heavy atom. The summed E-state index contributed by atoms with van der Waals surface area (Å²) in [6.45, 7) is 4.26. The van der Waals surface area contributed by atoms with Gasteiger partial charge in [0.05, 0.1) is 11.5 Å². The Labute approximate surface area is 126 Å². The van der Waals surface area contributed by atoms with E-state index >= 15 is 0 Å². The Morgan fingerprint density at radius 2 is 2.10 bits per heavy atom. The van der Waals surface area contributed by atoms with E-state index in [2.05, 4.69) is 4.98 Å². The van der Waals surface area contributed by atoms with Crippen LogP contribution in [0.3, 0.4) is 0 Å². The van der Waals surface area contributed by atoms with Crippen LogP contribution in [0.1, 0.15) is 6.92 Å². The van der Waals surface area contributed by atoms with Gasteiger partial charge in [-0.05, 0) is 13.0 Å². The van der Waals surface area contributed by atoms with Gasteiger partial charge in [-0.25, -0.2) is 9.78 Å². The van der Waals surface area contributed by atoms with Crippen molar-refractivity contribution in [1.82, 2.24) is 9.88 Å². The predicted molar refractivity (Wildman–Crippen MR) is 76.7 cm³/mol. The van der Waals surface area contributed by atoms with Crippen LogP contribution in [0.15, 0.2) is 12.1 Å². The molecular formula is C12H15ClN4O4. The third-order valence-corrected chi connectivity index (χ3v) is 3.42. The number of halogens is 1. The van der Waals surface area contributed by atoms with Crippen molar-refractivity contribution >= 4 is 29.2 Å². The lowest BCUT2D eigenvalue weighted by Crippen LogP contribution is -2.49. The predicted octanol–water partition coefficient (Wildman–Crippen LogP) is 1.92. The van der Waals surface area contributed by atoms with Crippen molar-refractivity contribution in [1.29, 1.82) is 0 Å². The van der Waals surface area contributed by atoms with Crippen LogP contribution in [-0.2, 0) is 4.74 Å². The number of hydrogen-bond donors (Lipinski definition) is 0. The van der Waals surface area contributed by atoms with Crippen LogP contribution in [0, 0.1) is 10.1 Å². The molecule has 1 amide bonds. The molecule has 1 fully saturated rings. The minimum absolute atomic E-state index is 0.134. The molecule has 1 aliphatic heterocycles. The fourth-order valence-electron chi connectivity index (χ4n) is 2.06. The molecule has 0 bridgehead atoms. The summed E-state index contributed by atoms with van der Waals surface area (Å²) >= 11 is 5.80. The van der Waals surface area contributed by atoms with Crippen molar-refractivity contribution in [2.24, 2.45) is 0 Å². The van der Waals surface area contributed by atoms with Crippen LogP contribution in [0.2, 0.25) is 5.15 Å². The summed E-state index contributed by atoms with van der Waals surface area (Å²) < 4.78 is 4.94. The van der Waals surface area contributed by atoms with E-state index in [1.54, 1.807) is 17.9 Å². The zero-order valence-electron chi connectivity index (χ0n) is 11.5. The number of amides is 1. The maximum atomic E-state index is 11.6. The molecule has 0 radical (unpaired) electrons. The number of hydrogen-bond acceptors (Lipinski definition) is 6. The molecule has 8 nitrogen and oxygen atoms in total. The minimum atomic E-state index is -0.572. The smallest absolute Gasteiger partial charge is 0.409 e. The van der Waals surface area contributed by atoms with E-state index in [0.29, 0.717) is 38.6 Å². The monoisotopic (exact) mass is 314 g/mol. The first-order valence-corrected chi connectivity index (χ1v) is 6.88. The first-order chi connectivity index (χ1) is 10.0. The summed E-state index contributed by atoms with van der Waals surface area (Å²) in [5.41, 5.74) is -0.217. The number of nitro groups is 1. The number of pyridine rings is 1. The number of carbonyl (C=O) groups excluding carboxylic acids is 1. The van der Waals surface area contributed by atoms with Crippen LogP contribution in [0.5, 0.6) is 0 Å². The van der Waals surface area contributed by atoms with E-state index in [4.69, 9.17) is 16.3 Å². The van der Waals surface area contributed by atoms with Gasteiger partial charge in [-0.3, -0.25) is 10.1 Å². The molecule has 1 aromatic heterocycles. The summed E-state index contributed by atoms with van der Waals surface area (Å²) in [5, 5.41) is 10.6. The number of nitrogens with zero attached hydrogens (tertiary/aromatic N) is 4. The maximum absolute atomic E-state index is 11.6. The number of rotatable bonds is 3. The minimum Gasteiger partial charge on any atom is -0.450 e. The van der Waals surface area contributed by atoms with Gasteiger partial charge in [0.1, 0.15) is 5.82 Å². The highest BCUT2D eigenvalue weighted by molar-refractivity contribution is 6.31. The van der Waals surface area contributed by atoms with Crippen molar-refractivity contribution < 1.29 is 14.5 Å². The number of ether oxygens (including phenoxy) is 1. The molecule has 9 heteroatoms. The van der Waals surface area contributed by atoms with Gasteiger partial charge in [-0.15, -0.1) is 0 Å². The van der Waals surface area contributed by atoms with Crippen molar-refractivity contribution in [2.45, 2.75) is 6.92 Å². The van der Waals surface area contributed by atoms with Crippen LogP contribution >= 0.6 is 11.6 Å². The molecule has 0 aromatic carbocycles. The Balaban J connectivity index is 2.01. The number of carbonyl (C=O) groups is 1. The van der Waals surface area contributed by atoms with Crippen molar-refractivity contribution in [3.8, 4) is 0 Å². The molecule has 21 heavy (non-hydrogen) atoms. The third-order valence-electron chi connectivity index (χ3n) is 3.14. The molecule has 1 saturated heterocycles. The second-order valence-electron chi connectivity index (χ2n) is 4.41. The zero-order valence-corrected chi connectivity index (χ0v) is 12.2. The average Bonchev–Trinajstić information content (AvgIpc) is 2.47. The third kappa shape index (κ3) is 3.52. The van der Waals surface area contributed by atoms with E-state index in [-0.39, 0.29) is 16.9 Å². The van der Waals surface area contributed by atoms with Gasteiger partial charge >= 0.3 is 11.8 Å². The molecular weight excluding hydrogens is 300 g/mol. The van der Waals surface area contributed by atoms with Crippen LogP contribution in [-0.4, -0.2) is 53.7 Å². The average molecular weight is 315 g/mol. The summed E-state index contributed by atoms with van der Waals surface area (Å²) in [6.07, 6.45) is -0.327. The van der Waals surface area contributed by atoms with Gasteiger partial charge in [0.25, 0.3) is 0 Å². The molecule has 0 aliphatic carbocycles. The molecule has 1 aliphatic rings. The first kappa shape index (κ1) is 15.3. The van der Waals surface area contributed by atoms with Gasteiger partial charge in [-0.1, -0.05) is 11.6 Å². The molecule has 0 atom stereocenters. The molecule has 2 heterocycles. The van der Waals surface area contributed by atoms with Gasteiger partial charge in [0.15, 0.2) is 0 Å². The van der Waals surface area contributed by atoms with Crippen molar-refractivity contribution in [3.63, 3.8) is 0 Å². The van der Waals surface area contributed by atoms with E-state index in [1.165, 1.54) is 6.07 Å². The SMILES string of the molecule is CCOC(=O)N1CCN(c2ccc([N+](=O)[O-])c(Cl)n2)CC1. The molecule has 2 rings (SSSR count). The second-order valence-corrected chi connectivity index (χ2v) is 4.77. The standard InChI is InChI=1S/C12H15ClN4O4/c1-2-21-12(18)16-7-5-15(6-8-16)10-4-3-9(17(19)20)11(13)14-10/h3-4H,2,5-8H2,1H3. The van der Waals surface area contributed by atoms with Crippen LogP contribution in [0.4, 0.5) is 16.3 Å². The molecule has 0 saturated carbocycles. The Hall–Kier alpha value is -2.09. The highest BCUT2D eigenvalue weighted by Gasteiger charge is 2.24. The lowest BCUT2D eigenvalue weighted by Gasteiger charge is -2.34. The summed E-state index contributed by atoms with van der Waals surface area (Å²) in [6, 6.07) is 2.90. The summed E-state index contributed by atoms with van der Waals surface area (Å²) in [7, 11) is 0. The summed E-state index contributed by atoms with van der Waals surface area (Å²) in [5.74, 6) is 0.564. The molecule has 0 spiro atoms. The second kappa shape index (κ2) is 6.57. The molecule has 114 valence electrons. The Kier molecular flexibility index (Phi) is 4.79. The van der Waals surface area contributed by atoms with Gasteiger partial charge < -0.3 is 14.5 Å². The number of anilines is 1. The van der Waals surface area contributed by atoms with Crippen molar-refractivity contribution in [2.75, 3.05) is 37.7 Å². The van der Waals surface area contributed by atoms with Gasteiger partial charge in [0.2, 0.25) is 5.15 Å². The molecule has 0 unspecified atom stereocenters. The molecule has 0 N–H and O–H groups in total. The lowest BCUT2D eigenvalue weighted by molar-refractivity contribution is -0.385. The molecule has 1 aromatic rings. The van der Waals surface area contributed by atoms with Gasteiger partial charge in [0, 0.05) is 32.2 Å². The fraction of sp³-hybridized carbons (Fsp3) is 0.500. The van der Waals surface area contributed by atoms with Crippen LogP contribution in [0.25, 0.3) is 0 Å². The Morgan fingerprint density at radius 1 is 1.43 bits per heavy atom. The lowest BCUT2D eigenvalue weighted by atomic mass is 10.3. The highest BCUT2D eigenvalue weighted by atomic mass is 35.5. The van der Waals surface area contributed by atoms with E-state index in [1.807, 2.05) is 4.90 Å². The van der Waals surface area contributed by atoms with Crippen molar-refractivity contribution in [3.05, 3.63) is 27.4 Å².